The molecular formula is C16H18O2. The second kappa shape index (κ2) is 6.22. The van der Waals surface area contributed by atoms with Crippen LogP contribution in [0.1, 0.15) is 17.0 Å². The fourth-order valence-corrected chi connectivity index (χ4v) is 2.06. The molecule has 2 aromatic rings. The van der Waals surface area contributed by atoms with Gasteiger partial charge in [-0.05, 0) is 29.7 Å². The standard InChI is InChI=1S/C16H18O2/c1-18-16-9-7-13(8-10-16)11-15(12-17)14-5-3-2-4-6-14/h2-10,15,17H,11-12H2,1H3. The van der Waals surface area contributed by atoms with Gasteiger partial charge in [-0.25, -0.2) is 0 Å². The third-order valence-corrected chi connectivity index (χ3v) is 3.13. The number of methoxy groups -OCH3 is 1. The van der Waals surface area contributed by atoms with Crippen LogP contribution in [0.25, 0.3) is 0 Å². The molecule has 0 bridgehead atoms. The highest BCUT2D eigenvalue weighted by Gasteiger charge is 2.10. The van der Waals surface area contributed by atoms with Crippen LogP contribution < -0.4 is 4.74 Å². The Kier molecular flexibility index (Phi) is 4.37. The minimum atomic E-state index is 0.152. The van der Waals surface area contributed by atoms with E-state index < -0.39 is 0 Å². The molecule has 0 amide bonds. The fourth-order valence-electron chi connectivity index (χ4n) is 2.06. The van der Waals surface area contributed by atoms with Gasteiger partial charge in [0.2, 0.25) is 0 Å². The number of ether oxygens (including phenoxy) is 1. The predicted molar refractivity (Wildman–Crippen MR) is 73.0 cm³/mol. The third-order valence-electron chi connectivity index (χ3n) is 3.13. The number of benzene rings is 2. The zero-order valence-electron chi connectivity index (χ0n) is 10.5. The lowest BCUT2D eigenvalue weighted by Crippen LogP contribution is -2.07. The van der Waals surface area contributed by atoms with E-state index in [-0.39, 0.29) is 12.5 Å². The molecule has 0 heterocycles. The Morgan fingerprint density at radius 1 is 1.00 bits per heavy atom. The fraction of sp³-hybridized carbons (Fsp3) is 0.250. The van der Waals surface area contributed by atoms with Gasteiger partial charge in [-0.2, -0.15) is 0 Å². The molecule has 0 aliphatic rings. The van der Waals surface area contributed by atoms with Crippen LogP contribution in [-0.4, -0.2) is 18.8 Å². The normalized spacial score (nSPS) is 12.1. The molecule has 0 spiro atoms. The lowest BCUT2D eigenvalue weighted by atomic mass is 9.93. The van der Waals surface area contributed by atoms with Crippen molar-refractivity contribution in [3.05, 3.63) is 65.7 Å². The Morgan fingerprint density at radius 3 is 2.22 bits per heavy atom. The first-order chi connectivity index (χ1) is 8.83. The van der Waals surface area contributed by atoms with E-state index in [4.69, 9.17) is 4.74 Å². The molecule has 2 heteroatoms. The topological polar surface area (TPSA) is 29.5 Å². The second-order valence-electron chi connectivity index (χ2n) is 4.34. The van der Waals surface area contributed by atoms with E-state index in [1.54, 1.807) is 7.11 Å². The summed E-state index contributed by atoms with van der Waals surface area (Å²) in [6, 6.07) is 18.1. The van der Waals surface area contributed by atoms with E-state index in [0.717, 1.165) is 12.2 Å². The third kappa shape index (κ3) is 3.11. The van der Waals surface area contributed by atoms with E-state index in [9.17, 15) is 5.11 Å². The van der Waals surface area contributed by atoms with Crippen LogP contribution in [0.2, 0.25) is 0 Å². The average molecular weight is 242 g/mol. The molecule has 2 aromatic carbocycles. The summed E-state index contributed by atoms with van der Waals surface area (Å²) in [5.41, 5.74) is 2.38. The van der Waals surface area contributed by atoms with Gasteiger partial charge >= 0.3 is 0 Å². The molecule has 1 unspecified atom stereocenters. The Hall–Kier alpha value is -1.80. The largest absolute Gasteiger partial charge is 0.497 e. The summed E-state index contributed by atoms with van der Waals surface area (Å²) in [7, 11) is 1.66. The van der Waals surface area contributed by atoms with Crippen molar-refractivity contribution in [3.63, 3.8) is 0 Å². The van der Waals surface area contributed by atoms with Crippen molar-refractivity contribution in [2.45, 2.75) is 12.3 Å². The van der Waals surface area contributed by atoms with E-state index in [0.29, 0.717) is 0 Å². The van der Waals surface area contributed by atoms with Crippen LogP contribution in [0.3, 0.4) is 0 Å². The van der Waals surface area contributed by atoms with Gasteiger partial charge in [0.25, 0.3) is 0 Å². The Bertz CT molecular complexity index is 462. The minimum absolute atomic E-state index is 0.152. The van der Waals surface area contributed by atoms with Gasteiger partial charge in [-0.3, -0.25) is 0 Å². The van der Waals surface area contributed by atoms with E-state index in [1.165, 1.54) is 11.1 Å². The Balaban J connectivity index is 2.10. The number of hydrogen-bond acceptors (Lipinski definition) is 2. The van der Waals surface area contributed by atoms with Crippen molar-refractivity contribution >= 4 is 0 Å². The maximum absolute atomic E-state index is 9.52. The molecule has 2 rings (SSSR count). The molecule has 0 radical (unpaired) electrons. The number of aliphatic hydroxyl groups excluding tert-OH is 1. The lowest BCUT2D eigenvalue weighted by molar-refractivity contribution is 0.264. The quantitative estimate of drug-likeness (QED) is 0.873. The van der Waals surface area contributed by atoms with Crippen LogP contribution in [0, 0.1) is 0 Å². The van der Waals surface area contributed by atoms with Crippen LogP contribution in [0.15, 0.2) is 54.6 Å². The monoisotopic (exact) mass is 242 g/mol. The number of hydrogen-bond donors (Lipinski definition) is 1. The Labute approximate surface area is 108 Å². The second-order valence-corrected chi connectivity index (χ2v) is 4.34. The van der Waals surface area contributed by atoms with E-state index in [2.05, 4.69) is 12.1 Å². The van der Waals surface area contributed by atoms with Gasteiger partial charge in [0.1, 0.15) is 5.75 Å². The highest BCUT2D eigenvalue weighted by molar-refractivity contribution is 5.29. The summed E-state index contributed by atoms with van der Waals surface area (Å²) in [5, 5.41) is 9.52. The van der Waals surface area contributed by atoms with Crippen molar-refractivity contribution in [2.24, 2.45) is 0 Å². The molecule has 94 valence electrons. The molecule has 0 saturated heterocycles. The summed E-state index contributed by atoms with van der Waals surface area (Å²) in [6.07, 6.45) is 0.838. The van der Waals surface area contributed by atoms with Crippen LogP contribution >= 0.6 is 0 Å². The molecule has 0 aromatic heterocycles. The van der Waals surface area contributed by atoms with Crippen molar-refractivity contribution in [2.75, 3.05) is 13.7 Å². The smallest absolute Gasteiger partial charge is 0.118 e. The minimum Gasteiger partial charge on any atom is -0.497 e. The summed E-state index contributed by atoms with van der Waals surface area (Å²) >= 11 is 0. The van der Waals surface area contributed by atoms with Crippen molar-refractivity contribution in [3.8, 4) is 5.75 Å². The van der Waals surface area contributed by atoms with Crippen LogP contribution in [0.5, 0.6) is 5.75 Å². The first-order valence-electron chi connectivity index (χ1n) is 6.12. The predicted octanol–water partition coefficient (Wildman–Crippen LogP) is 3.01. The lowest BCUT2D eigenvalue weighted by Gasteiger charge is -2.14. The molecule has 1 atom stereocenters. The van der Waals surface area contributed by atoms with Gasteiger partial charge in [-0.15, -0.1) is 0 Å². The van der Waals surface area contributed by atoms with Gasteiger partial charge in [0.05, 0.1) is 13.7 Å². The number of aliphatic hydroxyl groups is 1. The van der Waals surface area contributed by atoms with Crippen molar-refractivity contribution < 1.29 is 9.84 Å². The zero-order chi connectivity index (χ0) is 12.8. The van der Waals surface area contributed by atoms with Crippen molar-refractivity contribution in [1.29, 1.82) is 0 Å². The maximum Gasteiger partial charge on any atom is 0.118 e. The summed E-state index contributed by atoms with van der Waals surface area (Å²) in [6.45, 7) is 0.163. The number of rotatable bonds is 5. The highest BCUT2D eigenvalue weighted by Crippen LogP contribution is 2.21. The molecular weight excluding hydrogens is 224 g/mol. The molecule has 1 N–H and O–H groups in total. The van der Waals surface area contributed by atoms with Crippen molar-refractivity contribution in [1.82, 2.24) is 0 Å². The molecule has 18 heavy (non-hydrogen) atoms. The summed E-state index contributed by atoms with van der Waals surface area (Å²) in [5.74, 6) is 1.01. The SMILES string of the molecule is COc1ccc(CC(CO)c2ccccc2)cc1. The maximum atomic E-state index is 9.52. The van der Waals surface area contributed by atoms with Gasteiger partial charge in [0.15, 0.2) is 0 Å². The van der Waals surface area contributed by atoms with Gasteiger partial charge < -0.3 is 9.84 Å². The Morgan fingerprint density at radius 2 is 1.67 bits per heavy atom. The van der Waals surface area contributed by atoms with Crippen LogP contribution in [0.4, 0.5) is 0 Å². The molecule has 2 nitrogen and oxygen atoms in total. The first-order valence-corrected chi connectivity index (χ1v) is 6.12. The first kappa shape index (κ1) is 12.7. The van der Waals surface area contributed by atoms with Gasteiger partial charge in [0, 0.05) is 5.92 Å². The average Bonchev–Trinajstić information content (AvgIpc) is 2.46. The molecule has 0 aliphatic heterocycles. The van der Waals surface area contributed by atoms with Gasteiger partial charge in [-0.1, -0.05) is 42.5 Å². The van der Waals surface area contributed by atoms with E-state index >= 15 is 0 Å². The van der Waals surface area contributed by atoms with E-state index in [1.807, 2.05) is 42.5 Å². The van der Waals surface area contributed by atoms with Crippen LogP contribution in [-0.2, 0) is 6.42 Å². The molecule has 0 fully saturated rings. The highest BCUT2D eigenvalue weighted by atomic mass is 16.5. The summed E-state index contributed by atoms with van der Waals surface area (Å²) in [4.78, 5) is 0. The molecule has 0 aliphatic carbocycles. The zero-order valence-corrected chi connectivity index (χ0v) is 10.5. The molecule has 0 saturated carbocycles. The summed E-state index contributed by atoms with van der Waals surface area (Å²) < 4.78 is 5.14.